The number of esters is 1. The molecule has 2 aromatic rings. The molecule has 10 heteroatoms. The topological polar surface area (TPSA) is 117 Å². The van der Waals surface area contributed by atoms with Crippen molar-refractivity contribution < 1.29 is 23.8 Å². The summed E-state index contributed by atoms with van der Waals surface area (Å²) in [6.45, 7) is 5.25. The van der Waals surface area contributed by atoms with Crippen LogP contribution in [0.5, 0.6) is 11.9 Å². The van der Waals surface area contributed by atoms with E-state index in [4.69, 9.17) is 14.2 Å². The van der Waals surface area contributed by atoms with Crippen LogP contribution in [0.4, 0.5) is 5.69 Å². The molecule has 0 aliphatic carbocycles. The van der Waals surface area contributed by atoms with Gasteiger partial charge in [0.25, 0.3) is 0 Å². The molecule has 0 atom stereocenters. The number of anilines is 1. The van der Waals surface area contributed by atoms with Crippen molar-refractivity contribution in [3.8, 4) is 11.9 Å². The fraction of sp³-hybridized carbons (Fsp3) is 0.389. The van der Waals surface area contributed by atoms with Crippen LogP contribution in [-0.4, -0.2) is 45.8 Å². The highest BCUT2D eigenvalue weighted by Crippen LogP contribution is 2.19. The molecular formula is C18H23N5O5. The molecule has 1 N–H and O–H groups in total. The minimum absolute atomic E-state index is 0.0395. The summed E-state index contributed by atoms with van der Waals surface area (Å²) < 4.78 is 16.6. The van der Waals surface area contributed by atoms with Crippen LogP contribution < -0.4 is 14.8 Å². The lowest BCUT2D eigenvalue weighted by atomic mass is 9.98. The Labute approximate surface area is 162 Å². The summed E-state index contributed by atoms with van der Waals surface area (Å²) >= 11 is 0. The van der Waals surface area contributed by atoms with Crippen LogP contribution in [-0.2, 0) is 21.1 Å². The van der Waals surface area contributed by atoms with Crippen molar-refractivity contribution in [3.05, 3.63) is 30.2 Å². The van der Waals surface area contributed by atoms with Gasteiger partial charge in [-0.05, 0) is 26.8 Å². The molecule has 28 heavy (non-hydrogen) atoms. The molecule has 2 heterocycles. The van der Waals surface area contributed by atoms with Crippen LogP contribution in [0, 0.1) is 5.41 Å². The van der Waals surface area contributed by atoms with Crippen LogP contribution in [0.15, 0.2) is 24.7 Å². The first kappa shape index (κ1) is 20.9. The average Bonchev–Trinajstić information content (AvgIpc) is 3.10. The highest BCUT2D eigenvalue weighted by Gasteiger charge is 2.23. The summed E-state index contributed by atoms with van der Waals surface area (Å²) in [5.74, 6) is -0.444. The van der Waals surface area contributed by atoms with Gasteiger partial charge in [0.15, 0.2) is 6.73 Å². The van der Waals surface area contributed by atoms with Crippen molar-refractivity contribution in [2.24, 2.45) is 5.41 Å². The fourth-order valence-corrected chi connectivity index (χ4v) is 1.93. The van der Waals surface area contributed by atoms with Gasteiger partial charge in [-0.3, -0.25) is 9.59 Å². The number of rotatable bonds is 7. The van der Waals surface area contributed by atoms with E-state index in [1.807, 2.05) is 0 Å². The highest BCUT2D eigenvalue weighted by molar-refractivity contribution is 6.01. The monoisotopic (exact) mass is 389 g/mol. The van der Waals surface area contributed by atoms with Crippen molar-refractivity contribution in [3.63, 3.8) is 0 Å². The lowest BCUT2D eigenvalue weighted by Gasteiger charge is -2.16. The smallest absolute Gasteiger partial charge is 0.319 e. The molecule has 0 spiro atoms. The summed E-state index contributed by atoms with van der Waals surface area (Å²) in [5.41, 5.74) is 0.379. The average molecular weight is 389 g/mol. The van der Waals surface area contributed by atoms with Crippen LogP contribution >= 0.6 is 0 Å². The van der Waals surface area contributed by atoms with Gasteiger partial charge < -0.3 is 19.5 Å². The van der Waals surface area contributed by atoms with E-state index in [0.717, 1.165) is 0 Å². The van der Waals surface area contributed by atoms with E-state index in [1.165, 1.54) is 43.4 Å². The van der Waals surface area contributed by atoms with E-state index in [1.54, 1.807) is 27.0 Å². The molecule has 0 saturated carbocycles. The lowest BCUT2D eigenvalue weighted by Crippen LogP contribution is -2.24. The SMILES string of the molecule is COc1ncc(C=CC(=O)Nc2cnn(COC(=O)C(C)(C)C)c2)c(OC)n1. The molecule has 2 rings (SSSR count). The standard InChI is InChI=1S/C18H23N5O5/c1-18(2,3)16(25)28-11-23-10-13(9-20-23)21-14(24)7-6-12-8-19-17(27-5)22-15(12)26-4/h6-10H,11H2,1-5H3,(H,21,24). The Morgan fingerprint density at radius 3 is 2.61 bits per heavy atom. The number of carbonyl (C=O) groups excluding carboxylic acids is 2. The zero-order valence-electron chi connectivity index (χ0n) is 16.4. The molecule has 0 aliphatic heterocycles. The maximum atomic E-state index is 12.1. The van der Waals surface area contributed by atoms with Gasteiger partial charge in [-0.15, -0.1) is 0 Å². The second kappa shape index (κ2) is 8.98. The molecule has 0 aliphatic rings. The van der Waals surface area contributed by atoms with Crippen LogP contribution in [0.2, 0.25) is 0 Å². The van der Waals surface area contributed by atoms with Crippen molar-refractivity contribution in [2.75, 3.05) is 19.5 Å². The predicted molar refractivity (Wildman–Crippen MR) is 101 cm³/mol. The van der Waals surface area contributed by atoms with Crippen LogP contribution in [0.1, 0.15) is 26.3 Å². The third-order valence-electron chi connectivity index (χ3n) is 3.39. The number of hydrogen-bond donors (Lipinski definition) is 1. The van der Waals surface area contributed by atoms with Gasteiger partial charge in [0, 0.05) is 12.3 Å². The fourth-order valence-electron chi connectivity index (χ4n) is 1.93. The number of carbonyl (C=O) groups is 2. The molecule has 0 fully saturated rings. The number of nitrogens with zero attached hydrogens (tertiary/aromatic N) is 4. The van der Waals surface area contributed by atoms with E-state index < -0.39 is 5.41 Å². The van der Waals surface area contributed by atoms with E-state index in [9.17, 15) is 9.59 Å². The number of aromatic nitrogens is 4. The van der Waals surface area contributed by atoms with E-state index in [2.05, 4.69) is 20.4 Å². The molecule has 0 unspecified atom stereocenters. The minimum Gasteiger partial charge on any atom is -0.480 e. The summed E-state index contributed by atoms with van der Waals surface area (Å²) in [7, 11) is 2.90. The van der Waals surface area contributed by atoms with E-state index in [-0.39, 0.29) is 30.5 Å². The first-order chi connectivity index (χ1) is 13.2. The summed E-state index contributed by atoms with van der Waals surface area (Å²) in [5, 5.41) is 6.69. The predicted octanol–water partition coefficient (Wildman–Crippen LogP) is 1.89. The third kappa shape index (κ3) is 5.79. The van der Waals surface area contributed by atoms with Gasteiger partial charge in [-0.25, -0.2) is 9.67 Å². The zero-order valence-corrected chi connectivity index (χ0v) is 16.4. The number of amides is 1. The Kier molecular flexibility index (Phi) is 6.69. The van der Waals surface area contributed by atoms with Gasteiger partial charge >= 0.3 is 12.0 Å². The molecule has 0 aromatic carbocycles. The maximum Gasteiger partial charge on any atom is 0.319 e. The van der Waals surface area contributed by atoms with Gasteiger partial charge in [0.1, 0.15) is 0 Å². The Morgan fingerprint density at radius 1 is 1.21 bits per heavy atom. The number of nitrogens with one attached hydrogen (secondary N) is 1. The molecular weight excluding hydrogens is 366 g/mol. The lowest BCUT2D eigenvalue weighted by molar-refractivity contribution is -0.157. The summed E-state index contributed by atoms with van der Waals surface area (Å²) in [6, 6.07) is 0.165. The van der Waals surface area contributed by atoms with E-state index in [0.29, 0.717) is 11.3 Å². The van der Waals surface area contributed by atoms with Crippen molar-refractivity contribution >= 4 is 23.6 Å². The maximum absolute atomic E-state index is 12.1. The third-order valence-corrected chi connectivity index (χ3v) is 3.39. The van der Waals surface area contributed by atoms with Gasteiger partial charge in [-0.1, -0.05) is 0 Å². The van der Waals surface area contributed by atoms with Gasteiger partial charge in [0.2, 0.25) is 11.8 Å². The van der Waals surface area contributed by atoms with Crippen molar-refractivity contribution in [1.82, 2.24) is 19.7 Å². The number of hydrogen-bond acceptors (Lipinski definition) is 8. The van der Waals surface area contributed by atoms with Crippen LogP contribution in [0.25, 0.3) is 6.08 Å². The molecule has 0 saturated heterocycles. The summed E-state index contributed by atoms with van der Waals surface area (Å²) in [6.07, 6.45) is 7.32. The highest BCUT2D eigenvalue weighted by atomic mass is 16.5. The first-order valence-electron chi connectivity index (χ1n) is 8.36. The second-order valence-electron chi connectivity index (χ2n) is 6.72. The minimum atomic E-state index is -0.596. The zero-order chi connectivity index (χ0) is 20.7. The Bertz CT molecular complexity index is 869. The van der Waals surface area contributed by atoms with Crippen molar-refractivity contribution in [1.29, 1.82) is 0 Å². The second-order valence-corrected chi connectivity index (χ2v) is 6.72. The van der Waals surface area contributed by atoms with E-state index >= 15 is 0 Å². The van der Waals surface area contributed by atoms with Gasteiger partial charge in [0.05, 0.1) is 43.3 Å². The molecule has 0 radical (unpaired) electrons. The molecule has 1 amide bonds. The summed E-state index contributed by atoms with van der Waals surface area (Å²) in [4.78, 5) is 31.9. The Balaban J connectivity index is 1.94. The largest absolute Gasteiger partial charge is 0.480 e. The molecule has 0 bridgehead atoms. The Morgan fingerprint density at radius 2 is 1.96 bits per heavy atom. The van der Waals surface area contributed by atoms with Gasteiger partial charge in [-0.2, -0.15) is 10.1 Å². The quantitative estimate of drug-likeness (QED) is 0.563. The van der Waals surface area contributed by atoms with Crippen LogP contribution in [0.3, 0.4) is 0 Å². The molecule has 150 valence electrons. The normalized spacial score (nSPS) is 11.3. The first-order valence-corrected chi connectivity index (χ1v) is 8.36. The molecule has 2 aromatic heterocycles. The Hall–Kier alpha value is -3.43. The van der Waals surface area contributed by atoms with Crippen molar-refractivity contribution in [2.45, 2.75) is 27.5 Å². The number of methoxy groups -OCH3 is 2. The molecule has 10 nitrogen and oxygen atoms in total. The number of ether oxygens (including phenoxy) is 3.